The van der Waals surface area contributed by atoms with Crippen molar-refractivity contribution in [1.29, 1.82) is 0 Å². The topological polar surface area (TPSA) is 99.7 Å². The normalized spacial score (nSPS) is 51.7. The second-order valence-corrected chi connectivity index (χ2v) is 3.61. The summed E-state index contributed by atoms with van der Waals surface area (Å²) in [5, 5.41) is 17.6. The van der Waals surface area contributed by atoms with Gasteiger partial charge < -0.3 is 19.7 Å². The Morgan fingerprint density at radius 1 is 1.00 bits per heavy atom. The van der Waals surface area contributed by atoms with E-state index in [0.717, 1.165) is 0 Å². The minimum absolute atomic E-state index is 0.652. The fourth-order valence-corrected chi connectivity index (χ4v) is 1.93. The van der Waals surface area contributed by atoms with Gasteiger partial charge in [0.05, 0.1) is 0 Å². The maximum absolute atomic E-state index is 10.8. The Bertz CT molecular complexity index is 351. The number of epoxide rings is 2. The summed E-state index contributed by atoms with van der Waals surface area (Å²) in [5.41, 5.74) is -2.67. The molecule has 0 amide bonds. The molecule has 1 aliphatic carbocycles. The van der Waals surface area contributed by atoms with Gasteiger partial charge in [-0.15, -0.1) is 0 Å². The Kier molecular flexibility index (Phi) is 1.05. The summed E-state index contributed by atoms with van der Waals surface area (Å²) >= 11 is 0. The zero-order chi connectivity index (χ0) is 10.1. The third-order valence-electron chi connectivity index (χ3n) is 2.90. The predicted octanol–water partition coefficient (Wildman–Crippen LogP) is -0.999. The third-order valence-corrected chi connectivity index (χ3v) is 2.90. The van der Waals surface area contributed by atoms with E-state index in [0.29, 0.717) is 0 Å². The van der Waals surface area contributed by atoms with Crippen molar-refractivity contribution in [3.63, 3.8) is 0 Å². The van der Waals surface area contributed by atoms with Crippen molar-refractivity contribution in [2.24, 2.45) is 0 Å². The van der Waals surface area contributed by atoms with Crippen LogP contribution in [0.15, 0.2) is 12.2 Å². The molecule has 2 N–H and O–H groups in total. The average Bonchev–Trinajstić information content (AvgIpc) is 2.97. The average molecular weight is 198 g/mol. The van der Waals surface area contributed by atoms with Gasteiger partial charge in [0, 0.05) is 0 Å². The number of aliphatic carboxylic acids is 2. The van der Waals surface area contributed by atoms with E-state index in [9.17, 15) is 9.59 Å². The fourth-order valence-electron chi connectivity index (χ4n) is 1.93. The molecule has 0 spiro atoms. The Labute approximate surface area is 77.7 Å². The number of hydrogen-bond donors (Lipinski definition) is 2. The molecule has 2 aliphatic heterocycles. The molecular weight excluding hydrogens is 192 g/mol. The van der Waals surface area contributed by atoms with Crippen LogP contribution in [0.5, 0.6) is 0 Å². The first kappa shape index (κ1) is 7.95. The van der Waals surface area contributed by atoms with E-state index in [1.54, 1.807) is 0 Å². The standard InChI is InChI=1S/C8H6O6/c9-5(10)7-1-2-8(6(11)12)4(14-8)3(7)13-7/h1-4H,(H,9,10)(H,11,12). The van der Waals surface area contributed by atoms with Crippen molar-refractivity contribution >= 4 is 11.9 Å². The molecule has 4 unspecified atom stereocenters. The maximum atomic E-state index is 10.8. The van der Waals surface area contributed by atoms with Crippen molar-refractivity contribution in [2.75, 3.05) is 0 Å². The van der Waals surface area contributed by atoms with E-state index in [-0.39, 0.29) is 0 Å². The highest BCUT2D eigenvalue weighted by Crippen LogP contribution is 2.57. The van der Waals surface area contributed by atoms with Gasteiger partial charge in [-0.1, -0.05) is 0 Å². The number of rotatable bonds is 2. The molecule has 3 rings (SSSR count). The van der Waals surface area contributed by atoms with E-state index < -0.39 is 35.3 Å². The molecule has 0 saturated carbocycles. The van der Waals surface area contributed by atoms with Crippen molar-refractivity contribution in [2.45, 2.75) is 23.4 Å². The molecule has 74 valence electrons. The van der Waals surface area contributed by atoms with Gasteiger partial charge in [-0.2, -0.15) is 0 Å². The largest absolute Gasteiger partial charge is 0.479 e. The van der Waals surface area contributed by atoms with Gasteiger partial charge in [-0.25, -0.2) is 9.59 Å². The highest BCUT2D eigenvalue weighted by Gasteiger charge is 2.80. The van der Waals surface area contributed by atoms with Crippen molar-refractivity contribution in [3.8, 4) is 0 Å². The quantitative estimate of drug-likeness (QED) is 0.436. The fraction of sp³-hybridized carbons (Fsp3) is 0.500. The minimum Gasteiger partial charge on any atom is -0.479 e. The second kappa shape index (κ2) is 1.84. The molecular formula is C8H6O6. The molecule has 2 fully saturated rings. The molecule has 4 atom stereocenters. The first-order chi connectivity index (χ1) is 6.53. The summed E-state index contributed by atoms with van der Waals surface area (Å²) in [6.07, 6.45) is 1.22. The van der Waals surface area contributed by atoms with Crippen LogP contribution in [0, 0.1) is 0 Å². The van der Waals surface area contributed by atoms with Gasteiger partial charge in [0.15, 0.2) is 0 Å². The monoisotopic (exact) mass is 198 g/mol. The van der Waals surface area contributed by atoms with Crippen LogP contribution in [0.1, 0.15) is 0 Å². The van der Waals surface area contributed by atoms with Gasteiger partial charge in [-0.3, -0.25) is 0 Å². The number of carboxylic acid groups (broad SMARTS) is 2. The molecule has 14 heavy (non-hydrogen) atoms. The molecule has 6 heteroatoms. The van der Waals surface area contributed by atoms with Crippen LogP contribution in [0.2, 0.25) is 0 Å². The van der Waals surface area contributed by atoms with Crippen LogP contribution in [0.4, 0.5) is 0 Å². The summed E-state index contributed by atoms with van der Waals surface area (Å²) < 4.78 is 9.96. The van der Waals surface area contributed by atoms with Crippen LogP contribution in [0.25, 0.3) is 0 Å². The SMILES string of the molecule is O=C(O)C12C=CC3(C(=O)O)OC3C1O2. The lowest BCUT2D eigenvalue weighted by atomic mass is 9.89. The van der Waals surface area contributed by atoms with E-state index in [2.05, 4.69) is 0 Å². The number of carbonyl (C=O) groups is 2. The third kappa shape index (κ3) is 0.623. The predicted molar refractivity (Wildman–Crippen MR) is 39.6 cm³/mol. The number of fused-ring (bicyclic) bond motifs is 3. The zero-order valence-electron chi connectivity index (χ0n) is 6.84. The first-order valence-corrected chi connectivity index (χ1v) is 4.06. The lowest BCUT2D eigenvalue weighted by molar-refractivity contribution is -0.143. The molecule has 6 nitrogen and oxygen atoms in total. The van der Waals surface area contributed by atoms with E-state index in [4.69, 9.17) is 19.7 Å². The highest BCUT2D eigenvalue weighted by molar-refractivity contribution is 5.91. The van der Waals surface area contributed by atoms with Crippen LogP contribution in [-0.4, -0.2) is 45.6 Å². The summed E-state index contributed by atoms with van der Waals surface area (Å²) in [6, 6.07) is 0. The molecule has 2 heterocycles. The van der Waals surface area contributed by atoms with Crippen molar-refractivity contribution in [1.82, 2.24) is 0 Å². The summed E-state index contributed by atoms with van der Waals surface area (Å²) in [6.45, 7) is 0. The smallest absolute Gasteiger partial charge is 0.342 e. The van der Waals surface area contributed by atoms with Gasteiger partial charge in [0.2, 0.25) is 11.2 Å². The summed E-state index contributed by atoms with van der Waals surface area (Å²) in [7, 11) is 0. The van der Waals surface area contributed by atoms with Crippen LogP contribution in [-0.2, 0) is 19.1 Å². The molecule has 0 aromatic carbocycles. The van der Waals surface area contributed by atoms with Crippen molar-refractivity contribution in [3.05, 3.63) is 12.2 Å². The minimum atomic E-state index is -1.33. The van der Waals surface area contributed by atoms with Gasteiger partial charge >= 0.3 is 11.9 Å². The van der Waals surface area contributed by atoms with Crippen LogP contribution < -0.4 is 0 Å². The first-order valence-electron chi connectivity index (χ1n) is 4.06. The second-order valence-electron chi connectivity index (χ2n) is 3.61. The molecule has 0 aromatic heterocycles. The molecule has 2 saturated heterocycles. The summed E-state index contributed by atoms with van der Waals surface area (Å²) in [5.74, 6) is -2.21. The van der Waals surface area contributed by atoms with E-state index in [1.165, 1.54) is 12.2 Å². The molecule has 0 aromatic rings. The molecule has 0 radical (unpaired) electrons. The molecule has 3 aliphatic rings. The van der Waals surface area contributed by atoms with E-state index in [1.807, 2.05) is 0 Å². The van der Waals surface area contributed by atoms with Crippen molar-refractivity contribution < 1.29 is 29.3 Å². The Morgan fingerprint density at radius 3 is 1.64 bits per heavy atom. The highest BCUT2D eigenvalue weighted by atomic mass is 16.7. The maximum Gasteiger partial charge on any atom is 0.342 e. The van der Waals surface area contributed by atoms with Gasteiger partial charge in [0.1, 0.15) is 12.2 Å². The van der Waals surface area contributed by atoms with Crippen LogP contribution in [0.3, 0.4) is 0 Å². The molecule has 0 bridgehead atoms. The summed E-state index contributed by atoms with van der Waals surface area (Å²) in [4.78, 5) is 21.6. The van der Waals surface area contributed by atoms with Gasteiger partial charge in [0.25, 0.3) is 0 Å². The Morgan fingerprint density at radius 2 is 1.36 bits per heavy atom. The lowest BCUT2D eigenvalue weighted by Gasteiger charge is -2.07. The number of hydrogen-bond acceptors (Lipinski definition) is 4. The number of carboxylic acids is 2. The lowest BCUT2D eigenvalue weighted by Crippen LogP contribution is -2.36. The van der Waals surface area contributed by atoms with Crippen LogP contribution >= 0.6 is 0 Å². The number of ether oxygens (including phenoxy) is 2. The zero-order valence-corrected chi connectivity index (χ0v) is 6.84. The Balaban J connectivity index is 1.97. The Hall–Kier alpha value is -1.40. The van der Waals surface area contributed by atoms with E-state index >= 15 is 0 Å². The van der Waals surface area contributed by atoms with Gasteiger partial charge in [-0.05, 0) is 12.2 Å².